The Hall–Kier alpha value is -1.29. The third-order valence-electron chi connectivity index (χ3n) is 2.90. The van der Waals surface area contributed by atoms with Crippen LogP contribution in [0.4, 0.5) is 5.69 Å². The van der Waals surface area contributed by atoms with Crippen LogP contribution in [0.25, 0.3) is 4.85 Å². The van der Waals surface area contributed by atoms with Gasteiger partial charge in [0.1, 0.15) is 0 Å². The molecule has 13 heavy (non-hydrogen) atoms. The molecule has 1 atom stereocenters. The monoisotopic (exact) mass is 171 g/mol. The second-order valence-corrected chi connectivity index (χ2v) is 3.75. The Bertz CT molecular complexity index is 360. The molecule has 1 aromatic carbocycles. The summed E-state index contributed by atoms with van der Waals surface area (Å²) in [6.45, 7) is 9.33. The van der Waals surface area contributed by atoms with Crippen molar-refractivity contribution in [3.8, 4) is 0 Å². The molecule has 0 unspecified atom stereocenters. The molecular formula is C12H13N. The Morgan fingerprint density at radius 3 is 3.08 bits per heavy atom. The van der Waals surface area contributed by atoms with Crippen LogP contribution in [-0.4, -0.2) is 0 Å². The molecule has 0 aliphatic heterocycles. The van der Waals surface area contributed by atoms with Gasteiger partial charge in [0.05, 0.1) is 6.57 Å². The molecule has 1 heteroatoms. The molecule has 0 spiro atoms. The normalized spacial score (nSPS) is 20.5. The summed E-state index contributed by atoms with van der Waals surface area (Å²) >= 11 is 0. The number of nitrogens with zero attached hydrogens (tertiary/aromatic N) is 1. The summed E-state index contributed by atoms with van der Waals surface area (Å²) in [5, 5.41) is 0. The summed E-state index contributed by atoms with van der Waals surface area (Å²) in [7, 11) is 0. The summed E-state index contributed by atoms with van der Waals surface area (Å²) in [6.07, 6.45) is 3.60. The molecule has 1 aliphatic carbocycles. The highest BCUT2D eigenvalue weighted by Crippen LogP contribution is 2.36. The molecule has 0 amide bonds. The van der Waals surface area contributed by atoms with Crippen molar-refractivity contribution in [1.82, 2.24) is 0 Å². The van der Waals surface area contributed by atoms with Crippen LogP contribution in [0.2, 0.25) is 0 Å². The van der Waals surface area contributed by atoms with Crippen LogP contribution in [0.3, 0.4) is 0 Å². The van der Waals surface area contributed by atoms with Gasteiger partial charge in [-0.05, 0) is 30.7 Å². The summed E-state index contributed by atoms with van der Waals surface area (Å²) in [5.74, 6) is 0.644. The first-order chi connectivity index (χ1) is 6.33. The highest BCUT2D eigenvalue weighted by atomic mass is 14.6. The van der Waals surface area contributed by atoms with Crippen molar-refractivity contribution in [2.24, 2.45) is 0 Å². The zero-order chi connectivity index (χ0) is 9.26. The third kappa shape index (κ3) is 1.33. The first-order valence-electron chi connectivity index (χ1n) is 4.82. The fourth-order valence-electron chi connectivity index (χ4n) is 2.17. The van der Waals surface area contributed by atoms with Crippen LogP contribution >= 0.6 is 0 Å². The van der Waals surface area contributed by atoms with Crippen molar-refractivity contribution in [2.75, 3.05) is 0 Å². The average Bonchev–Trinajstić information content (AvgIpc) is 2.18. The Morgan fingerprint density at radius 1 is 1.46 bits per heavy atom. The zero-order valence-electron chi connectivity index (χ0n) is 7.88. The van der Waals surface area contributed by atoms with E-state index in [-0.39, 0.29) is 0 Å². The van der Waals surface area contributed by atoms with Gasteiger partial charge in [-0.3, -0.25) is 0 Å². The molecular weight excluding hydrogens is 158 g/mol. The van der Waals surface area contributed by atoms with Gasteiger partial charge in [-0.1, -0.05) is 30.7 Å². The minimum absolute atomic E-state index is 0.644. The van der Waals surface area contributed by atoms with Gasteiger partial charge in [-0.2, -0.15) is 0 Å². The molecule has 1 nitrogen and oxygen atoms in total. The molecule has 66 valence electrons. The molecule has 1 aliphatic rings. The van der Waals surface area contributed by atoms with Gasteiger partial charge in [0, 0.05) is 0 Å². The summed E-state index contributed by atoms with van der Waals surface area (Å²) < 4.78 is 0. The molecule has 0 N–H and O–H groups in total. The fraction of sp³-hybridized carbons (Fsp3) is 0.417. The lowest BCUT2D eigenvalue weighted by Crippen LogP contribution is -2.06. The van der Waals surface area contributed by atoms with Crippen LogP contribution < -0.4 is 0 Å². The largest absolute Gasteiger partial charge is 0.238 e. The quantitative estimate of drug-likeness (QED) is 0.524. The van der Waals surface area contributed by atoms with Gasteiger partial charge in [0.15, 0.2) is 5.69 Å². The molecule has 0 bridgehead atoms. The Labute approximate surface area is 79.2 Å². The van der Waals surface area contributed by atoms with E-state index < -0.39 is 0 Å². The van der Waals surface area contributed by atoms with Gasteiger partial charge >= 0.3 is 0 Å². The zero-order valence-corrected chi connectivity index (χ0v) is 7.88. The minimum atomic E-state index is 0.644. The standard InChI is InChI=1S/C12H13N/c1-9-5-3-7-11-10(9)6-4-8-12(11)13-2/h4,6,8-9H,3,5,7H2,1H3/t9-/m0/s1. The van der Waals surface area contributed by atoms with Crippen molar-refractivity contribution >= 4 is 5.69 Å². The summed E-state index contributed by atoms with van der Waals surface area (Å²) in [6, 6.07) is 6.12. The lowest BCUT2D eigenvalue weighted by Gasteiger charge is -2.22. The molecule has 0 saturated carbocycles. The van der Waals surface area contributed by atoms with Gasteiger partial charge < -0.3 is 0 Å². The van der Waals surface area contributed by atoms with E-state index in [1.54, 1.807) is 0 Å². The van der Waals surface area contributed by atoms with E-state index in [0.29, 0.717) is 5.92 Å². The van der Waals surface area contributed by atoms with Gasteiger partial charge in [0.25, 0.3) is 0 Å². The van der Waals surface area contributed by atoms with Crippen LogP contribution in [-0.2, 0) is 6.42 Å². The Balaban J connectivity index is 2.56. The predicted molar refractivity (Wildman–Crippen MR) is 54.1 cm³/mol. The molecule has 0 heterocycles. The number of rotatable bonds is 0. The van der Waals surface area contributed by atoms with Gasteiger partial charge in [-0.25, -0.2) is 4.85 Å². The van der Waals surface area contributed by atoms with Crippen molar-refractivity contribution in [3.05, 3.63) is 40.7 Å². The smallest absolute Gasteiger partial charge is 0.190 e. The molecule has 0 fully saturated rings. The highest BCUT2D eigenvalue weighted by Gasteiger charge is 2.17. The van der Waals surface area contributed by atoms with E-state index in [1.807, 2.05) is 12.1 Å². The topological polar surface area (TPSA) is 4.36 Å². The SMILES string of the molecule is [C-]#[N+]c1cccc2c1CCC[C@@H]2C. The first-order valence-corrected chi connectivity index (χ1v) is 4.82. The van der Waals surface area contributed by atoms with Gasteiger partial charge in [-0.15, -0.1) is 0 Å². The van der Waals surface area contributed by atoms with E-state index in [2.05, 4.69) is 17.8 Å². The predicted octanol–water partition coefficient (Wildman–Crippen LogP) is 3.68. The maximum Gasteiger partial charge on any atom is 0.190 e. The summed E-state index contributed by atoms with van der Waals surface area (Å²) in [4.78, 5) is 3.57. The maximum atomic E-state index is 7.07. The van der Waals surface area contributed by atoms with E-state index in [4.69, 9.17) is 6.57 Å². The van der Waals surface area contributed by atoms with Crippen LogP contribution in [0, 0.1) is 6.57 Å². The van der Waals surface area contributed by atoms with Crippen molar-refractivity contribution < 1.29 is 0 Å². The molecule has 0 radical (unpaired) electrons. The third-order valence-corrected chi connectivity index (χ3v) is 2.90. The number of fused-ring (bicyclic) bond motifs is 1. The number of hydrogen-bond donors (Lipinski definition) is 0. The van der Waals surface area contributed by atoms with E-state index >= 15 is 0 Å². The van der Waals surface area contributed by atoms with Crippen molar-refractivity contribution in [1.29, 1.82) is 0 Å². The Morgan fingerprint density at radius 2 is 2.31 bits per heavy atom. The fourth-order valence-corrected chi connectivity index (χ4v) is 2.17. The van der Waals surface area contributed by atoms with Crippen molar-refractivity contribution in [2.45, 2.75) is 32.1 Å². The average molecular weight is 171 g/mol. The highest BCUT2D eigenvalue weighted by molar-refractivity contribution is 5.57. The number of benzene rings is 1. The number of hydrogen-bond acceptors (Lipinski definition) is 0. The molecule has 0 aromatic heterocycles. The second-order valence-electron chi connectivity index (χ2n) is 3.75. The van der Waals surface area contributed by atoms with Crippen LogP contribution in [0.1, 0.15) is 36.8 Å². The maximum absolute atomic E-state index is 7.07. The first kappa shape index (κ1) is 8.31. The molecule has 0 saturated heterocycles. The van der Waals surface area contributed by atoms with Crippen molar-refractivity contribution in [3.63, 3.8) is 0 Å². The molecule has 2 rings (SSSR count). The molecule has 1 aromatic rings. The van der Waals surface area contributed by atoms with E-state index in [0.717, 1.165) is 12.1 Å². The Kier molecular flexibility index (Phi) is 2.06. The van der Waals surface area contributed by atoms with Crippen LogP contribution in [0.15, 0.2) is 18.2 Å². The second kappa shape index (κ2) is 3.22. The van der Waals surface area contributed by atoms with E-state index in [1.165, 1.54) is 24.0 Å². The van der Waals surface area contributed by atoms with Crippen LogP contribution in [0.5, 0.6) is 0 Å². The lowest BCUT2D eigenvalue weighted by atomic mass is 9.83. The lowest BCUT2D eigenvalue weighted by molar-refractivity contribution is 0.592. The minimum Gasteiger partial charge on any atom is -0.238 e. The van der Waals surface area contributed by atoms with E-state index in [9.17, 15) is 0 Å². The summed E-state index contributed by atoms with van der Waals surface area (Å²) in [5.41, 5.74) is 3.57. The van der Waals surface area contributed by atoms with Gasteiger partial charge in [0.2, 0.25) is 0 Å².